The number of carbonyl (C=O) groups is 1. The van der Waals surface area contributed by atoms with Gasteiger partial charge in [0.25, 0.3) is 0 Å². The predicted octanol–water partition coefficient (Wildman–Crippen LogP) is -0.552. The zero-order valence-corrected chi connectivity index (χ0v) is 12.1. The molecule has 0 aromatic rings. The smallest absolute Gasteiger partial charge is 0.221 e. The highest BCUT2D eigenvalue weighted by atomic mass is 32.2. The van der Waals surface area contributed by atoms with Crippen molar-refractivity contribution in [2.75, 3.05) is 31.2 Å². The summed E-state index contributed by atoms with van der Waals surface area (Å²) in [6, 6.07) is -0.268. The van der Waals surface area contributed by atoms with Gasteiger partial charge in [0.15, 0.2) is 9.84 Å². The first kappa shape index (κ1) is 14.7. The van der Waals surface area contributed by atoms with E-state index in [0.29, 0.717) is 13.1 Å². The van der Waals surface area contributed by atoms with Crippen molar-refractivity contribution >= 4 is 15.7 Å². The Balaban J connectivity index is 1.75. The van der Waals surface area contributed by atoms with E-state index < -0.39 is 9.84 Å². The molecule has 2 saturated heterocycles. The first-order valence-corrected chi connectivity index (χ1v) is 8.55. The molecular weight excluding hydrogens is 268 g/mol. The van der Waals surface area contributed by atoms with Crippen LogP contribution < -0.4 is 10.6 Å². The van der Waals surface area contributed by atoms with Gasteiger partial charge in [-0.15, -0.1) is 0 Å². The van der Waals surface area contributed by atoms with Crippen molar-refractivity contribution in [1.29, 1.82) is 0 Å². The fraction of sp³-hybridized carbons (Fsp3) is 0.917. The Labute approximate surface area is 114 Å². The summed E-state index contributed by atoms with van der Waals surface area (Å²) in [7, 11) is -2.99. The van der Waals surface area contributed by atoms with Gasteiger partial charge in [-0.3, -0.25) is 4.79 Å². The number of amides is 1. The molecule has 2 aliphatic rings. The summed E-state index contributed by atoms with van der Waals surface area (Å²) < 4.78 is 28.5. The first-order valence-electron chi connectivity index (χ1n) is 6.73. The number of nitrogens with one attached hydrogen (secondary N) is 2. The number of sulfone groups is 1. The van der Waals surface area contributed by atoms with Gasteiger partial charge in [-0.1, -0.05) is 0 Å². The molecule has 2 unspecified atom stereocenters. The fourth-order valence-electron chi connectivity index (χ4n) is 2.56. The summed E-state index contributed by atoms with van der Waals surface area (Å²) in [5.74, 6) is 0.0944. The van der Waals surface area contributed by atoms with Gasteiger partial charge in [-0.05, 0) is 19.8 Å². The molecule has 0 spiro atoms. The van der Waals surface area contributed by atoms with Crippen molar-refractivity contribution in [2.45, 2.75) is 37.8 Å². The second kappa shape index (κ2) is 5.76. The Morgan fingerprint density at radius 3 is 2.95 bits per heavy atom. The van der Waals surface area contributed by atoms with Crippen LogP contribution in [0.4, 0.5) is 0 Å². The van der Waals surface area contributed by atoms with Crippen LogP contribution in [0, 0.1) is 0 Å². The average Bonchev–Trinajstić information content (AvgIpc) is 2.73. The maximum absolute atomic E-state index is 11.8. The largest absolute Gasteiger partial charge is 0.373 e. The van der Waals surface area contributed by atoms with Gasteiger partial charge in [0.05, 0.1) is 17.1 Å². The second-order valence-electron chi connectivity index (χ2n) is 5.65. The molecule has 2 heterocycles. The summed E-state index contributed by atoms with van der Waals surface area (Å²) in [6.07, 6.45) is 2.17. The van der Waals surface area contributed by atoms with Gasteiger partial charge >= 0.3 is 0 Å². The highest BCUT2D eigenvalue weighted by Crippen LogP contribution is 2.23. The van der Waals surface area contributed by atoms with E-state index in [1.54, 1.807) is 0 Å². The zero-order valence-electron chi connectivity index (χ0n) is 11.3. The SMILES string of the molecule is CC1(CNC(=O)CC2CS(=O)(=O)CCN2)CCCO1. The Morgan fingerprint density at radius 1 is 1.53 bits per heavy atom. The van der Waals surface area contributed by atoms with Gasteiger partial charge < -0.3 is 15.4 Å². The number of ether oxygens (including phenoxy) is 1. The third-order valence-corrected chi connectivity index (χ3v) is 5.43. The van der Waals surface area contributed by atoms with Crippen molar-refractivity contribution < 1.29 is 17.9 Å². The van der Waals surface area contributed by atoms with Crippen LogP contribution in [0.2, 0.25) is 0 Å². The lowest BCUT2D eigenvalue weighted by atomic mass is 10.0. The lowest BCUT2D eigenvalue weighted by Crippen LogP contribution is -2.48. The first-order chi connectivity index (χ1) is 8.89. The quantitative estimate of drug-likeness (QED) is 0.725. The Hall–Kier alpha value is -0.660. The molecule has 110 valence electrons. The van der Waals surface area contributed by atoms with Crippen LogP contribution in [-0.2, 0) is 19.4 Å². The van der Waals surface area contributed by atoms with E-state index in [9.17, 15) is 13.2 Å². The molecule has 0 saturated carbocycles. The van der Waals surface area contributed by atoms with Crippen LogP contribution in [0.15, 0.2) is 0 Å². The number of hydrogen-bond donors (Lipinski definition) is 2. The molecule has 0 aromatic heterocycles. The van der Waals surface area contributed by atoms with E-state index in [-0.39, 0.29) is 35.5 Å². The fourth-order valence-corrected chi connectivity index (χ4v) is 4.00. The van der Waals surface area contributed by atoms with Gasteiger partial charge in [0, 0.05) is 32.2 Å². The molecule has 7 heteroatoms. The third kappa shape index (κ3) is 4.43. The van der Waals surface area contributed by atoms with Gasteiger partial charge in [0.2, 0.25) is 5.91 Å². The highest BCUT2D eigenvalue weighted by Gasteiger charge is 2.31. The molecule has 1 amide bonds. The lowest BCUT2D eigenvalue weighted by molar-refractivity contribution is -0.122. The monoisotopic (exact) mass is 290 g/mol. The van der Waals surface area contributed by atoms with Crippen LogP contribution in [0.1, 0.15) is 26.2 Å². The van der Waals surface area contributed by atoms with Crippen LogP contribution >= 0.6 is 0 Å². The minimum Gasteiger partial charge on any atom is -0.373 e. The number of rotatable bonds is 4. The lowest BCUT2D eigenvalue weighted by Gasteiger charge is -2.26. The minimum atomic E-state index is -2.99. The average molecular weight is 290 g/mol. The summed E-state index contributed by atoms with van der Waals surface area (Å²) in [6.45, 7) is 3.66. The number of hydrogen-bond acceptors (Lipinski definition) is 5. The molecule has 2 fully saturated rings. The van der Waals surface area contributed by atoms with Crippen molar-refractivity contribution in [3.8, 4) is 0 Å². The van der Waals surface area contributed by atoms with E-state index in [2.05, 4.69) is 10.6 Å². The van der Waals surface area contributed by atoms with E-state index >= 15 is 0 Å². The Bertz CT molecular complexity index is 429. The Morgan fingerprint density at radius 2 is 2.32 bits per heavy atom. The maximum Gasteiger partial charge on any atom is 0.221 e. The summed E-state index contributed by atoms with van der Waals surface area (Å²) in [5.41, 5.74) is -0.262. The van der Waals surface area contributed by atoms with Crippen molar-refractivity contribution in [3.63, 3.8) is 0 Å². The van der Waals surface area contributed by atoms with Crippen LogP contribution in [0.3, 0.4) is 0 Å². The molecule has 0 bridgehead atoms. The molecule has 19 heavy (non-hydrogen) atoms. The van der Waals surface area contributed by atoms with Crippen molar-refractivity contribution in [1.82, 2.24) is 10.6 Å². The summed E-state index contributed by atoms with van der Waals surface area (Å²) >= 11 is 0. The highest BCUT2D eigenvalue weighted by molar-refractivity contribution is 7.91. The molecular formula is C12H22N2O4S. The molecule has 0 aliphatic carbocycles. The molecule has 2 aliphatic heterocycles. The molecule has 2 N–H and O–H groups in total. The van der Waals surface area contributed by atoms with Gasteiger partial charge in [0.1, 0.15) is 0 Å². The van der Waals surface area contributed by atoms with E-state index in [1.165, 1.54) is 0 Å². The van der Waals surface area contributed by atoms with Crippen LogP contribution in [0.5, 0.6) is 0 Å². The van der Waals surface area contributed by atoms with E-state index in [4.69, 9.17) is 4.74 Å². The van der Waals surface area contributed by atoms with E-state index in [0.717, 1.165) is 19.4 Å². The molecule has 0 aromatic carbocycles. The predicted molar refractivity (Wildman–Crippen MR) is 71.7 cm³/mol. The normalized spacial score (nSPS) is 34.1. The van der Waals surface area contributed by atoms with Crippen molar-refractivity contribution in [2.24, 2.45) is 0 Å². The molecule has 2 rings (SSSR count). The zero-order chi connectivity index (χ0) is 13.9. The molecule has 0 radical (unpaired) electrons. The Kier molecular flexibility index (Phi) is 4.47. The summed E-state index contributed by atoms with van der Waals surface area (Å²) in [4.78, 5) is 11.8. The second-order valence-corrected chi connectivity index (χ2v) is 7.88. The number of carbonyl (C=O) groups excluding carboxylic acids is 1. The van der Waals surface area contributed by atoms with Crippen LogP contribution in [0.25, 0.3) is 0 Å². The minimum absolute atomic E-state index is 0.0498. The van der Waals surface area contributed by atoms with E-state index in [1.807, 2.05) is 6.92 Å². The van der Waals surface area contributed by atoms with Gasteiger partial charge in [-0.2, -0.15) is 0 Å². The third-order valence-electron chi connectivity index (χ3n) is 3.69. The maximum atomic E-state index is 11.8. The topological polar surface area (TPSA) is 84.5 Å². The van der Waals surface area contributed by atoms with Crippen LogP contribution in [-0.4, -0.2) is 57.2 Å². The van der Waals surface area contributed by atoms with Gasteiger partial charge in [-0.25, -0.2) is 8.42 Å². The standard InChI is InChI=1S/C12H22N2O4S/c1-12(3-2-5-18-12)9-14-11(15)7-10-8-19(16,17)6-4-13-10/h10,13H,2-9H2,1H3,(H,14,15). The molecule has 2 atom stereocenters. The molecule has 6 nitrogen and oxygen atoms in total. The summed E-state index contributed by atoms with van der Waals surface area (Å²) in [5, 5.41) is 5.91. The van der Waals surface area contributed by atoms with Crippen molar-refractivity contribution in [3.05, 3.63) is 0 Å².